The number of hydrogen-bond donors (Lipinski definition) is 1. The summed E-state index contributed by atoms with van der Waals surface area (Å²) in [6.45, 7) is 1.36. The summed E-state index contributed by atoms with van der Waals surface area (Å²) in [4.78, 5) is 17.7. The van der Waals surface area contributed by atoms with Crippen molar-refractivity contribution in [1.82, 2.24) is 15.2 Å². The highest BCUT2D eigenvalue weighted by molar-refractivity contribution is 6.32. The summed E-state index contributed by atoms with van der Waals surface area (Å²) < 4.78 is 0. The van der Waals surface area contributed by atoms with Crippen LogP contribution in [-0.2, 0) is 13.1 Å². The summed E-state index contributed by atoms with van der Waals surface area (Å²) in [5.41, 5.74) is 2.45. The lowest BCUT2D eigenvalue weighted by Crippen LogP contribution is -2.20. The Hall–Kier alpha value is -1.88. The van der Waals surface area contributed by atoms with Crippen molar-refractivity contribution in [3.8, 4) is 0 Å². The smallest absolute Gasteiger partial charge is 0.285 e. The number of aromatic nitrogens is 3. The summed E-state index contributed by atoms with van der Waals surface area (Å²) in [5.74, 6) is 0. The monoisotopic (exact) mass is 248 g/mol. The second-order valence-electron chi connectivity index (χ2n) is 3.86. The number of halogens is 1. The van der Waals surface area contributed by atoms with Crippen molar-refractivity contribution in [2.45, 2.75) is 13.1 Å². The van der Waals surface area contributed by atoms with Crippen LogP contribution in [0.2, 0.25) is 5.02 Å². The van der Waals surface area contributed by atoms with Gasteiger partial charge in [0.05, 0.1) is 24.1 Å². The van der Waals surface area contributed by atoms with Gasteiger partial charge in [-0.05, 0) is 11.6 Å². The van der Waals surface area contributed by atoms with E-state index in [2.05, 4.69) is 15.2 Å². The fourth-order valence-electron chi connectivity index (χ4n) is 1.96. The zero-order chi connectivity index (χ0) is 11.8. The molecule has 0 radical (unpaired) electrons. The maximum atomic E-state index is 11.4. The van der Waals surface area contributed by atoms with E-state index in [-0.39, 0.29) is 10.6 Å². The van der Waals surface area contributed by atoms with Crippen LogP contribution >= 0.6 is 11.6 Å². The Labute approximate surface area is 102 Å². The number of nitrogens with one attached hydrogen (secondary N) is 1. The molecular weight excluding hydrogens is 240 g/mol. The molecule has 0 saturated heterocycles. The van der Waals surface area contributed by atoms with Crippen LogP contribution in [0.5, 0.6) is 0 Å². The van der Waals surface area contributed by atoms with Crippen LogP contribution in [0, 0.1) is 0 Å². The molecule has 86 valence electrons. The topological polar surface area (TPSA) is 61.9 Å². The van der Waals surface area contributed by atoms with Crippen LogP contribution in [0.15, 0.2) is 29.3 Å². The first-order valence-electron chi connectivity index (χ1n) is 5.16. The average molecular weight is 249 g/mol. The predicted octanol–water partition coefficient (Wildman–Crippen LogP) is 1.34. The fraction of sp³-hybridized carbons (Fsp3) is 0.182. The SMILES string of the molecule is O=c1[nH]ncc(N2Cc3cccnc3C2)c1Cl. The molecule has 1 aliphatic heterocycles. The van der Waals surface area contributed by atoms with Crippen LogP contribution in [0.25, 0.3) is 0 Å². The Morgan fingerprint density at radius 3 is 3.12 bits per heavy atom. The van der Waals surface area contributed by atoms with Crippen molar-refractivity contribution in [3.63, 3.8) is 0 Å². The minimum absolute atomic E-state index is 0.174. The highest BCUT2D eigenvalue weighted by Gasteiger charge is 2.22. The van der Waals surface area contributed by atoms with E-state index in [1.54, 1.807) is 12.4 Å². The predicted molar refractivity (Wildman–Crippen MR) is 64.0 cm³/mol. The van der Waals surface area contributed by atoms with Crippen molar-refractivity contribution in [2.24, 2.45) is 0 Å². The van der Waals surface area contributed by atoms with E-state index in [1.807, 2.05) is 17.0 Å². The molecule has 0 spiro atoms. The second-order valence-corrected chi connectivity index (χ2v) is 4.24. The molecule has 1 aliphatic rings. The van der Waals surface area contributed by atoms with E-state index < -0.39 is 0 Å². The molecule has 2 aromatic rings. The molecule has 6 heteroatoms. The number of nitrogens with zero attached hydrogens (tertiary/aromatic N) is 3. The number of anilines is 1. The average Bonchev–Trinajstić information content (AvgIpc) is 2.76. The van der Waals surface area contributed by atoms with Gasteiger partial charge in [-0.1, -0.05) is 17.7 Å². The third-order valence-electron chi connectivity index (χ3n) is 2.80. The van der Waals surface area contributed by atoms with Gasteiger partial charge in [0.1, 0.15) is 5.02 Å². The maximum Gasteiger partial charge on any atom is 0.285 e. The Bertz CT molecular complexity index is 600. The molecule has 0 fully saturated rings. The number of aromatic amines is 1. The van der Waals surface area contributed by atoms with Crippen molar-refractivity contribution < 1.29 is 0 Å². The van der Waals surface area contributed by atoms with Gasteiger partial charge in [-0.15, -0.1) is 0 Å². The molecule has 0 aliphatic carbocycles. The van der Waals surface area contributed by atoms with Gasteiger partial charge < -0.3 is 4.90 Å². The highest BCUT2D eigenvalue weighted by Crippen LogP contribution is 2.29. The molecule has 0 atom stereocenters. The lowest BCUT2D eigenvalue weighted by Gasteiger charge is -2.17. The van der Waals surface area contributed by atoms with E-state index in [1.165, 1.54) is 0 Å². The quantitative estimate of drug-likeness (QED) is 0.827. The van der Waals surface area contributed by atoms with Crippen LogP contribution in [0.1, 0.15) is 11.3 Å². The maximum absolute atomic E-state index is 11.4. The molecule has 1 N–H and O–H groups in total. The Kier molecular flexibility index (Phi) is 2.33. The standard InChI is InChI=1S/C11H9ClN4O/c12-10-9(4-14-15-11(10)17)16-5-7-2-1-3-13-8(7)6-16/h1-4H,5-6H2,(H,15,17). The summed E-state index contributed by atoms with van der Waals surface area (Å²) in [7, 11) is 0. The largest absolute Gasteiger partial charge is 0.359 e. The van der Waals surface area contributed by atoms with E-state index in [0.29, 0.717) is 18.8 Å². The third kappa shape index (κ3) is 1.68. The van der Waals surface area contributed by atoms with Gasteiger partial charge in [0.25, 0.3) is 5.56 Å². The van der Waals surface area contributed by atoms with Gasteiger partial charge in [0.2, 0.25) is 0 Å². The zero-order valence-corrected chi connectivity index (χ0v) is 9.61. The molecule has 0 unspecified atom stereocenters. The van der Waals surface area contributed by atoms with E-state index in [0.717, 1.165) is 11.3 Å². The normalized spacial score (nSPS) is 13.8. The van der Waals surface area contributed by atoms with Crippen LogP contribution in [0.3, 0.4) is 0 Å². The van der Waals surface area contributed by atoms with Gasteiger partial charge in [0, 0.05) is 12.7 Å². The van der Waals surface area contributed by atoms with Gasteiger partial charge in [-0.2, -0.15) is 5.10 Å². The molecular formula is C11H9ClN4O. The molecule has 17 heavy (non-hydrogen) atoms. The Morgan fingerprint density at radius 1 is 1.41 bits per heavy atom. The van der Waals surface area contributed by atoms with E-state index in [4.69, 9.17) is 11.6 Å². The first-order chi connectivity index (χ1) is 8.25. The second kappa shape index (κ2) is 3.85. The van der Waals surface area contributed by atoms with Gasteiger partial charge in [-0.3, -0.25) is 9.78 Å². The van der Waals surface area contributed by atoms with Crippen molar-refractivity contribution >= 4 is 17.3 Å². The zero-order valence-electron chi connectivity index (χ0n) is 8.85. The molecule has 0 saturated carbocycles. The minimum Gasteiger partial charge on any atom is -0.359 e. The summed E-state index contributed by atoms with van der Waals surface area (Å²) >= 11 is 5.97. The molecule has 0 bridgehead atoms. The number of rotatable bonds is 1. The molecule has 5 nitrogen and oxygen atoms in total. The lowest BCUT2D eigenvalue weighted by atomic mass is 10.2. The van der Waals surface area contributed by atoms with Crippen LogP contribution < -0.4 is 10.5 Å². The third-order valence-corrected chi connectivity index (χ3v) is 3.17. The summed E-state index contributed by atoms with van der Waals surface area (Å²) in [6, 6.07) is 3.93. The van der Waals surface area contributed by atoms with Crippen molar-refractivity contribution in [3.05, 3.63) is 51.2 Å². The number of hydrogen-bond acceptors (Lipinski definition) is 4. The number of H-pyrrole nitrogens is 1. The molecule has 3 rings (SSSR count). The van der Waals surface area contributed by atoms with Gasteiger partial charge in [0.15, 0.2) is 0 Å². The number of fused-ring (bicyclic) bond motifs is 1. The van der Waals surface area contributed by atoms with Crippen molar-refractivity contribution in [2.75, 3.05) is 4.90 Å². The molecule has 0 aromatic carbocycles. The molecule has 2 aromatic heterocycles. The molecule has 3 heterocycles. The minimum atomic E-state index is -0.368. The van der Waals surface area contributed by atoms with Crippen LogP contribution in [-0.4, -0.2) is 15.2 Å². The summed E-state index contributed by atoms with van der Waals surface area (Å²) in [6.07, 6.45) is 3.33. The van der Waals surface area contributed by atoms with Crippen LogP contribution in [0.4, 0.5) is 5.69 Å². The Morgan fingerprint density at radius 2 is 2.29 bits per heavy atom. The first kappa shape index (κ1) is 10.3. The van der Waals surface area contributed by atoms with Crippen molar-refractivity contribution in [1.29, 1.82) is 0 Å². The number of pyridine rings is 1. The fourth-order valence-corrected chi connectivity index (χ4v) is 2.18. The van der Waals surface area contributed by atoms with Gasteiger partial charge >= 0.3 is 0 Å². The van der Waals surface area contributed by atoms with Gasteiger partial charge in [-0.25, -0.2) is 5.10 Å². The van der Waals surface area contributed by atoms with E-state index >= 15 is 0 Å². The highest BCUT2D eigenvalue weighted by atomic mass is 35.5. The summed E-state index contributed by atoms with van der Waals surface area (Å²) in [5, 5.41) is 6.25. The molecule has 0 amide bonds. The van der Waals surface area contributed by atoms with E-state index in [9.17, 15) is 4.79 Å². The Balaban J connectivity index is 2.00. The first-order valence-corrected chi connectivity index (χ1v) is 5.54. The lowest BCUT2D eigenvalue weighted by molar-refractivity contribution is 0.851.